The molecule has 0 saturated heterocycles. The zero-order valence-electron chi connectivity index (χ0n) is 83.2. The second-order valence-corrected chi connectivity index (χ2v) is 43.8. The molecule has 0 atom stereocenters. The molecule has 127 heavy (non-hydrogen) atoms. The number of aromatic amines is 2. The molecule has 696 valence electrons. The number of rotatable bonds is 11. The Bertz CT molecular complexity index is 3980. The summed E-state index contributed by atoms with van der Waals surface area (Å²) in [6.07, 6.45) is 27.9. The largest absolute Gasteiger partial charge is 0.472 e. The SMILES string of the molecule is CC(C)(C)c1cc[nH]c1.CC(C)(C)c1ccoc1.CC(C)(C)c1ccsc1.CC(C)(C)c1cscn1.CC(C)c1ccc[nH]1.CC(C)c1ccccn1.CC(C)c1cccnc1.CC(C)c1ccco1.CC(C)c1cccs1.CC(C)c1ccncc1.CC(C)c1ccns1.CC(C)c1ccsn1.CC(C)c1cncs1.CC(C)c1cnsc1.CC(C)c1nccs1. The fourth-order valence-electron chi connectivity index (χ4n) is 9.45. The number of hydrogen-bond donors (Lipinski definition) is 2. The minimum absolute atomic E-state index is 0.222. The first kappa shape index (κ1) is 117. The Balaban J connectivity index is 0.000000681. The van der Waals surface area contributed by atoms with Crippen LogP contribution in [0.2, 0.25) is 0 Å². The Morgan fingerprint density at radius 3 is 1.27 bits per heavy atom. The normalized spacial score (nSPS) is 10.7. The standard InChI is InChI=1S/C8H13N.3C8H11N.C8H12O.C8H12S.C7H11NS.C7H11N.C7H10O.C7H10S.5C6H9NS/c1-8(2,3)7-4-5-9-6-7;1-7(2)8-3-5-9-6-4-8;1-7(2)8-4-3-5-9-6-8;1-7(2)8-5-3-4-6-9-8;2*1-8(2,3)7-4-5-9-6-7;1-7(2,3)6-4-9-5-8-6;3*1-6(2)7-4-3-5-8-7;1-5(2)6-3-7-4-8-6;1-5(2)6-3-7-8-4-6;1-5(2)6-7-3-4-8-6;1-5(2)6-3-4-8-7-6;1-5(2)6-3-4-7-8-6/h4-6,9H,1-3H3;3*3-7H,1-2H3;2*4-6H,1-3H3;4-5H,1-3H3;3-6,8H,1-2H3;2*3-6H,1-2H3;5*3-5H,1-2H3. The van der Waals surface area contributed by atoms with Crippen LogP contribution in [-0.4, -0.2) is 53.0 Å². The number of nitrogens with zero attached hydrogens (tertiary/aromatic N) is 9. The van der Waals surface area contributed by atoms with Gasteiger partial charge >= 0.3 is 0 Å². The van der Waals surface area contributed by atoms with E-state index in [1.165, 1.54) is 93.2 Å². The molecule has 0 bridgehead atoms. The highest BCUT2D eigenvalue weighted by Gasteiger charge is 2.17. The average Bonchev–Trinajstić information content (AvgIpc) is 1.77. The van der Waals surface area contributed by atoms with Crippen LogP contribution in [0, 0.1) is 0 Å². The first-order valence-corrected chi connectivity index (χ1v) is 51.2. The molecule has 15 aromatic rings. The van der Waals surface area contributed by atoms with E-state index in [1.54, 1.807) is 81.9 Å². The molecule has 0 aromatic carbocycles. The van der Waals surface area contributed by atoms with Crippen molar-refractivity contribution in [1.82, 2.24) is 53.0 Å². The van der Waals surface area contributed by atoms with Crippen molar-refractivity contribution in [2.45, 2.75) is 322 Å². The number of H-pyrrole nitrogens is 2. The molecule has 15 rings (SSSR count). The summed E-state index contributed by atoms with van der Waals surface area (Å²) in [6.45, 7) is 73.9. The molecular formula is C106H157N11O2S8. The summed E-state index contributed by atoms with van der Waals surface area (Å²) in [4.78, 5) is 34.8. The molecular weight excluding hydrogens is 1720 g/mol. The van der Waals surface area contributed by atoms with Crippen LogP contribution in [0.3, 0.4) is 0 Å². The van der Waals surface area contributed by atoms with E-state index in [9.17, 15) is 0 Å². The van der Waals surface area contributed by atoms with Gasteiger partial charge in [-0.3, -0.25) is 19.9 Å². The van der Waals surface area contributed by atoms with Gasteiger partial charge in [0.2, 0.25) is 0 Å². The van der Waals surface area contributed by atoms with E-state index < -0.39 is 0 Å². The Morgan fingerprint density at radius 2 is 1.01 bits per heavy atom. The van der Waals surface area contributed by atoms with Crippen LogP contribution in [0.5, 0.6) is 0 Å². The molecule has 15 aromatic heterocycles. The first-order valence-electron chi connectivity index (χ1n) is 44.2. The summed E-state index contributed by atoms with van der Waals surface area (Å²) in [5, 5.41) is 15.9. The zero-order chi connectivity index (χ0) is 95.6. The Labute approximate surface area is 801 Å². The van der Waals surface area contributed by atoms with Crippen molar-refractivity contribution in [3.63, 3.8) is 0 Å². The zero-order valence-corrected chi connectivity index (χ0v) is 89.7. The Kier molecular flexibility index (Phi) is 60.1. The number of aromatic nitrogens is 11. The van der Waals surface area contributed by atoms with Crippen molar-refractivity contribution >= 4 is 91.3 Å². The van der Waals surface area contributed by atoms with Gasteiger partial charge < -0.3 is 18.8 Å². The molecule has 15 heterocycles. The van der Waals surface area contributed by atoms with Crippen LogP contribution in [-0.2, 0) is 21.7 Å². The summed E-state index contributed by atoms with van der Waals surface area (Å²) in [5.41, 5.74) is 17.7. The van der Waals surface area contributed by atoms with Gasteiger partial charge in [0.1, 0.15) is 5.76 Å². The van der Waals surface area contributed by atoms with E-state index >= 15 is 0 Å². The fourth-order valence-corrected chi connectivity index (χ4v) is 15.1. The third kappa shape index (κ3) is 56.1. The van der Waals surface area contributed by atoms with Crippen LogP contribution in [0.15, 0.2) is 260 Å². The lowest BCUT2D eigenvalue weighted by molar-refractivity contribution is 0.487. The lowest BCUT2D eigenvalue weighted by atomic mass is 9.89. The summed E-state index contributed by atoms with van der Waals surface area (Å²) in [5.74, 6) is 7.77. The molecule has 0 spiro atoms. The third-order valence-corrected chi connectivity index (χ3v) is 24.9. The van der Waals surface area contributed by atoms with Gasteiger partial charge in [-0.1, -0.05) is 254 Å². The Hall–Kier alpha value is -8.25. The maximum absolute atomic E-state index is 5.09. The molecule has 0 aliphatic carbocycles. The minimum atomic E-state index is 0.222. The summed E-state index contributed by atoms with van der Waals surface area (Å²) < 4.78 is 22.2. The van der Waals surface area contributed by atoms with Gasteiger partial charge in [0.25, 0.3) is 0 Å². The van der Waals surface area contributed by atoms with Gasteiger partial charge in [0, 0.05) is 139 Å². The van der Waals surface area contributed by atoms with Crippen LogP contribution in [0.1, 0.15) is 382 Å². The number of hydrogen-bond acceptors (Lipinski definition) is 19. The molecule has 21 heteroatoms. The van der Waals surface area contributed by atoms with E-state index in [4.69, 9.17) is 8.83 Å². The van der Waals surface area contributed by atoms with Crippen LogP contribution < -0.4 is 0 Å². The number of furan rings is 2. The minimum Gasteiger partial charge on any atom is -0.472 e. The number of thiophene rings is 2. The second-order valence-electron chi connectivity index (χ2n) is 37.2. The van der Waals surface area contributed by atoms with Crippen LogP contribution >= 0.6 is 91.3 Å². The predicted molar refractivity (Wildman–Crippen MR) is 563 cm³/mol. The molecule has 0 saturated carbocycles. The summed E-state index contributed by atoms with van der Waals surface area (Å²) >= 11 is 13.3. The van der Waals surface area contributed by atoms with Gasteiger partial charge in [0.15, 0.2) is 0 Å². The molecule has 2 N–H and O–H groups in total. The molecule has 0 amide bonds. The van der Waals surface area contributed by atoms with Gasteiger partial charge in [-0.25, -0.2) is 18.7 Å². The van der Waals surface area contributed by atoms with Gasteiger partial charge in [-0.2, -0.15) is 15.7 Å². The first-order chi connectivity index (χ1) is 59.8. The fraction of sp³-hybridized carbons (Fsp3) is 0.462. The number of pyridine rings is 3. The van der Waals surface area contributed by atoms with Crippen molar-refractivity contribution in [3.05, 3.63) is 333 Å². The lowest BCUT2D eigenvalue weighted by Gasteiger charge is -2.15. The van der Waals surface area contributed by atoms with E-state index in [0.717, 1.165) is 11.5 Å². The molecule has 13 nitrogen and oxygen atoms in total. The Morgan fingerprint density at radius 1 is 0.346 bits per heavy atom. The highest BCUT2D eigenvalue weighted by Crippen LogP contribution is 2.27. The van der Waals surface area contributed by atoms with E-state index in [-0.39, 0.29) is 10.8 Å². The maximum atomic E-state index is 5.09. The van der Waals surface area contributed by atoms with Gasteiger partial charge in [-0.05, 0) is 245 Å². The quantitative estimate of drug-likeness (QED) is 0.126. The smallest absolute Gasteiger partial charge is 0.106 e. The second kappa shape index (κ2) is 65.3. The molecule has 0 fully saturated rings. The summed E-state index contributed by atoms with van der Waals surface area (Å²) in [6, 6.07) is 36.9. The maximum Gasteiger partial charge on any atom is 0.106 e. The number of nitrogens with one attached hydrogen (secondary N) is 2. The van der Waals surface area contributed by atoms with E-state index in [2.05, 4.69) is 364 Å². The molecule has 0 radical (unpaired) electrons. The van der Waals surface area contributed by atoms with E-state index in [0.29, 0.717) is 75.9 Å². The highest BCUT2D eigenvalue weighted by molar-refractivity contribution is 7.10. The lowest BCUT2D eigenvalue weighted by Crippen LogP contribution is -2.10. The van der Waals surface area contributed by atoms with Crippen molar-refractivity contribution < 1.29 is 8.83 Å². The average molecular weight is 1870 g/mol. The van der Waals surface area contributed by atoms with Crippen molar-refractivity contribution in [2.75, 3.05) is 0 Å². The van der Waals surface area contributed by atoms with E-state index in [1.807, 2.05) is 162 Å². The predicted octanol–water partition coefficient (Wildman–Crippen LogP) is 35.7. The third-order valence-electron chi connectivity index (χ3n) is 18.1. The van der Waals surface area contributed by atoms with Crippen LogP contribution in [0.25, 0.3) is 0 Å². The monoisotopic (exact) mass is 1870 g/mol. The van der Waals surface area contributed by atoms with Crippen LogP contribution in [0.4, 0.5) is 0 Å². The molecule has 0 aliphatic rings. The number of thiazole rings is 3. The molecule has 0 unspecified atom stereocenters. The topological polar surface area (TPSA) is 174 Å². The van der Waals surface area contributed by atoms with Gasteiger partial charge in [-0.15, -0.1) is 45.3 Å². The summed E-state index contributed by atoms with van der Waals surface area (Å²) in [7, 11) is 0. The van der Waals surface area contributed by atoms with Gasteiger partial charge in [0.05, 0.1) is 46.2 Å². The van der Waals surface area contributed by atoms with Crippen molar-refractivity contribution in [3.8, 4) is 0 Å². The van der Waals surface area contributed by atoms with Crippen molar-refractivity contribution in [2.24, 2.45) is 0 Å². The highest BCUT2D eigenvalue weighted by atomic mass is 32.1. The van der Waals surface area contributed by atoms with Crippen molar-refractivity contribution in [1.29, 1.82) is 0 Å². The molecule has 0 aliphatic heterocycles.